The molecule has 1 aliphatic carbocycles. The first kappa shape index (κ1) is 23.8. The van der Waals surface area contributed by atoms with Crippen LogP contribution in [0.3, 0.4) is 0 Å². The number of methoxy groups -OCH3 is 1. The molecule has 2 aromatic rings. The molecule has 5 nitrogen and oxygen atoms in total. The van der Waals surface area contributed by atoms with Crippen LogP contribution in [0.2, 0.25) is 0 Å². The number of amides is 2. The SMILES string of the molecule is CC[C@@H](C(=O)NC1CCCCC1)N(Cc1cccc(C)c1)C(=O)Cc1ccc(OC)cc1. The Balaban J connectivity index is 1.79. The van der Waals surface area contributed by atoms with Crippen LogP contribution in [0.25, 0.3) is 0 Å². The summed E-state index contributed by atoms with van der Waals surface area (Å²) in [5.41, 5.74) is 3.09. The zero-order valence-corrected chi connectivity index (χ0v) is 19.6. The van der Waals surface area contributed by atoms with E-state index in [-0.39, 0.29) is 24.3 Å². The minimum atomic E-state index is -0.483. The number of hydrogen-bond acceptors (Lipinski definition) is 3. The van der Waals surface area contributed by atoms with Crippen molar-refractivity contribution in [2.24, 2.45) is 0 Å². The topological polar surface area (TPSA) is 58.6 Å². The summed E-state index contributed by atoms with van der Waals surface area (Å²) in [6.07, 6.45) is 6.45. The molecule has 172 valence electrons. The number of hydrogen-bond donors (Lipinski definition) is 1. The van der Waals surface area contributed by atoms with Crippen molar-refractivity contribution in [3.63, 3.8) is 0 Å². The highest BCUT2D eigenvalue weighted by molar-refractivity contribution is 5.88. The summed E-state index contributed by atoms with van der Waals surface area (Å²) in [6.45, 7) is 4.45. The van der Waals surface area contributed by atoms with Gasteiger partial charge in [-0.15, -0.1) is 0 Å². The minimum Gasteiger partial charge on any atom is -0.497 e. The number of carbonyl (C=O) groups is 2. The molecule has 2 amide bonds. The van der Waals surface area contributed by atoms with Crippen LogP contribution in [0, 0.1) is 6.92 Å². The monoisotopic (exact) mass is 436 g/mol. The highest BCUT2D eigenvalue weighted by atomic mass is 16.5. The second kappa shape index (κ2) is 11.7. The van der Waals surface area contributed by atoms with Gasteiger partial charge in [-0.3, -0.25) is 9.59 Å². The maximum Gasteiger partial charge on any atom is 0.243 e. The van der Waals surface area contributed by atoms with E-state index in [2.05, 4.69) is 11.4 Å². The van der Waals surface area contributed by atoms with Gasteiger partial charge >= 0.3 is 0 Å². The van der Waals surface area contributed by atoms with Crippen molar-refractivity contribution in [3.05, 3.63) is 65.2 Å². The Morgan fingerprint density at radius 1 is 1.06 bits per heavy atom. The normalized spacial score (nSPS) is 15.1. The molecule has 1 atom stereocenters. The van der Waals surface area contributed by atoms with Crippen molar-refractivity contribution in [1.82, 2.24) is 10.2 Å². The van der Waals surface area contributed by atoms with E-state index in [1.54, 1.807) is 12.0 Å². The fraction of sp³-hybridized carbons (Fsp3) is 0.481. The van der Waals surface area contributed by atoms with Crippen LogP contribution in [-0.4, -0.2) is 35.9 Å². The molecule has 0 radical (unpaired) electrons. The Morgan fingerprint density at radius 2 is 1.78 bits per heavy atom. The van der Waals surface area contributed by atoms with E-state index in [1.165, 1.54) is 6.42 Å². The average molecular weight is 437 g/mol. The van der Waals surface area contributed by atoms with Crippen molar-refractivity contribution in [1.29, 1.82) is 0 Å². The van der Waals surface area contributed by atoms with Gasteiger partial charge in [0, 0.05) is 12.6 Å². The van der Waals surface area contributed by atoms with Crippen molar-refractivity contribution >= 4 is 11.8 Å². The van der Waals surface area contributed by atoms with Crippen molar-refractivity contribution in [2.75, 3.05) is 7.11 Å². The minimum absolute atomic E-state index is 0.0323. The zero-order chi connectivity index (χ0) is 22.9. The van der Waals surface area contributed by atoms with Gasteiger partial charge < -0.3 is 15.0 Å². The standard InChI is InChI=1S/C27H36N2O3/c1-4-25(27(31)28-23-11-6-5-7-12-23)29(19-22-10-8-9-20(2)17-22)26(30)18-21-13-15-24(32-3)16-14-21/h8-10,13-17,23,25H,4-7,11-12,18-19H2,1-3H3,(H,28,31)/t25-/m0/s1. The van der Waals surface area contributed by atoms with Gasteiger partial charge in [0.1, 0.15) is 11.8 Å². The van der Waals surface area contributed by atoms with E-state index in [4.69, 9.17) is 4.74 Å². The Kier molecular flexibility index (Phi) is 8.72. The van der Waals surface area contributed by atoms with Gasteiger partial charge in [-0.05, 0) is 49.4 Å². The molecule has 1 fully saturated rings. The average Bonchev–Trinajstić information content (AvgIpc) is 2.80. The van der Waals surface area contributed by atoms with Crippen molar-refractivity contribution in [2.45, 2.75) is 77.4 Å². The number of aryl methyl sites for hydroxylation is 1. The summed E-state index contributed by atoms with van der Waals surface area (Å²) in [5.74, 6) is 0.688. The number of benzene rings is 2. The first-order valence-corrected chi connectivity index (χ1v) is 11.8. The summed E-state index contributed by atoms with van der Waals surface area (Å²) < 4.78 is 5.22. The summed E-state index contributed by atoms with van der Waals surface area (Å²) >= 11 is 0. The lowest BCUT2D eigenvalue weighted by molar-refractivity contribution is -0.141. The van der Waals surface area contributed by atoms with Crippen molar-refractivity contribution in [3.8, 4) is 5.75 Å². The highest BCUT2D eigenvalue weighted by Crippen LogP contribution is 2.20. The lowest BCUT2D eigenvalue weighted by atomic mass is 9.95. The lowest BCUT2D eigenvalue weighted by Crippen LogP contribution is -2.51. The molecule has 1 saturated carbocycles. The van der Waals surface area contributed by atoms with E-state index in [0.717, 1.165) is 48.1 Å². The van der Waals surface area contributed by atoms with Crippen molar-refractivity contribution < 1.29 is 14.3 Å². The van der Waals surface area contributed by atoms with Gasteiger partial charge in [0.25, 0.3) is 0 Å². The summed E-state index contributed by atoms with van der Waals surface area (Å²) in [7, 11) is 1.63. The maximum atomic E-state index is 13.5. The first-order chi connectivity index (χ1) is 15.5. The van der Waals surface area contributed by atoms with Crippen LogP contribution in [0.15, 0.2) is 48.5 Å². The first-order valence-electron chi connectivity index (χ1n) is 11.8. The second-order valence-electron chi connectivity index (χ2n) is 8.80. The molecule has 0 aromatic heterocycles. The number of rotatable bonds is 9. The third-order valence-corrected chi connectivity index (χ3v) is 6.29. The molecule has 0 saturated heterocycles. The van der Waals surface area contributed by atoms with Gasteiger partial charge in [0.05, 0.1) is 13.5 Å². The molecule has 32 heavy (non-hydrogen) atoms. The molecule has 3 rings (SSSR count). The van der Waals surface area contributed by atoms with Crippen LogP contribution in [-0.2, 0) is 22.6 Å². The van der Waals surface area contributed by atoms with Gasteiger partial charge in [-0.2, -0.15) is 0 Å². The number of ether oxygens (including phenoxy) is 1. The van der Waals surface area contributed by atoms with Gasteiger partial charge in [0.15, 0.2) is 0 Å². The van der Waals surface area contributed by atoms with E-state index < -0.39 is 6.04 Å². The molecule has 1 aliphatic rings. The molecule has 1 N–H and O–H groups in total. The summed E-state index contributed by atoms with van der Waals surface area (Å²) in [5, 5.41) is 3.23. The summed E-state index contributed by atoms with van der Waals surface area (Å²) in [4.78, 5) is 28.5. The van der Waals surface area contributed by atoms with Crippen LogP contribution in [0.5, 0.6) is 5.75 Å². The van der Waals surface area contributed by atoms with Crippen LogP contribution >= 0.6 is 0 Å². The summed E-state index contributed by atoms with van der Waals surface area (Å²) in [6, 6.07) is 15.4. The van der Waals surface area contributed by atoms with E-state index in [9.17, 15) is 9.59 Å². The molecular formula is C27H36N2O3. The largest absolute Gasteiger partial charge is 0.497 e. The molecule has 0 spiro atoms. The van der Waals surface area contributed by atoms with E-state index in [0.29, 0.717) is 13.0 Å². The van der Waals surface area contributed by atoms with Gasteiger partial charge in [-0.25, -0.2) is 0 Å². The Bertz CT molecular complexity index is 888. The van der Waals surface area contributed by atoms with Gasteiger partial charge in [0.2, 0.25) is 11.8 Å². The van der Waals surface area contributed by atoms with E-state index >= 15 is 0 Å². The smallest absolute Gasteiger partial charge is 0.243 e. The molecule has 2 aromatic carbocycles. The Hall–Kier alpha value is -2.82. The maximum absolute atomic E-state index is 13.5. The second-order valence-corrected chi connectivity index (χ2v) is 8.80. The molecule has 0 unspecified atom stereocenters. The Labute approximate surface area is 192 Å². The molecule has 5 heteroatoms. The lowest BCUT2D eigenvalue weighted by Gasteiger charge is -2.33. The fourth-order valence-corrected chi connectivity index (χ4v) is 4.49. The van der Waals surface area contributed by atoms with Crippen LogP contribution in [0.1, 0.15) is 62.1 Å². The number of carbonyl (C=O) groups excluding carboxylic acids is 2. The third kappa shape index (κ3) is 6.59. The number of nitrogens with zero attached hydrogens (tertiary/aromatic N) is 1. The predicted octanol–water partition coefficient (Wildman–Crippen LogP) is 4.80. The Morgan fingerprint density at radius 3 is 2.41 bits per heavy atom. The molecular weight excluding hydrogens is 400 g/mol. The molecule has 0 bridgehead atoms. The van der Waals surface area contributed by atoms with Crippen LogP contribution in [0.4, 0.5) is 0 Å². The highest BCUT2D eigenvalue weighted by Gasteiger charge is 2.30. The predicted molar refractivity (Wildman–Crippen MR) is 128 cm³/mol. The van der Waals surface area contributed by atoms with Gasteiger partial charge in [-0.1, -0.05) is 68.1 Å². The quantitative estimate of drug-likeness (QED) is 0.614. The third-order valence-electron chi connectivity index (χ3n) is 6.29. The van der Waals surface area contributed by atoms with Crippen LogP contribution < -0.4 is 10.1 Å². The molecule has 0 aliphatic heterocycles. The van der Waals surface area contributed by atoms with E-state index in [1.807, 2.05) is 56.3 Å². The number of nitrogens with one attached hydrogen (secondary N) is 1. The fourth-order valence-electron chi connectivity index (χ4n) is 4.49. The molecule has 0 heterocycles. The zero-order valence-electron chi connectivity index (χ0n) is 19.6.